The van der Waals surface area contributed by atoms with Crippen LogP contribution in [0.4, 0.5) is 0 Å². The van der Waals surface area contributed by atoms with Crippen molar-refractivity contribution in [2.75, 3.05) is 0 Å². The summed E-state index contributed by atoms with van der Waals surface area (Å²) < 4.78 is 5.75. The Morgan fingerprint density at radius 1 is 1.06 bits per heavy atom. The van der Waals surface area contributed by atoms with Gasteiger partial charge in [-0.15, -0.1) is 0 Å². The van der Waals surface area contributed by atoms with Crippen molar-refractivity contribution in [3.63, 3.8) is 0 Å². The minimum atomic E-state index is 0.590. The monoisotopic (exact) mass is 213 g/mol. The first kappa shape index (κ1) is 10.7. The van der Waals surface area contributed by atoms with E-state index in [1.165, 1.54) is 11.1 Å². The van der Waals surface area contributed by atoms with Gasteiger partial charge in [-0.2, -0.15) is 0 Å². The Bertz CT molecular complexity index is 465. The van der Waals surface area contributed by atoms with Crippen molar-refractivity contribution in [3.05, 3.63) is 59.4 Å². The number of aryl methyl sites for hydroxylation is 2. The first-order chi connectivity index (χ1) is 7.75. The van der Waals surface area contributed by atoms with Crippen LogP contribution in [0.2, 0.25) is 0 Å². The number of rotatable bonds is 3. The molecule has 2 heteroatoms. The summed E-state index contributed by atoms with van der Waals surface area (Å²) in [5.41, 5.74) is 3.57. The Labute approximate surface area is 95.9 Å². The third-order valence-corrected chi connectivity index (χ3v) is 2.47. The van der Waals surface area contributed by atoms with E-state index in [9.17, 15) is 0 Å². The minimum Gasteiger partial charge on any atom is -0.489 e. The molecule has 1 heterocycles. The molecule has 2 rings (SSSR count). The lowest BCUT2D eigenvalue weighted by Gasteiger charge is -2.09. The Morgan fingerprint density at radius 2 is 1.81 bits per heavy atom. The maximum absolute atomic E-state index is 5.75. The van der Waals surface area contributed by atoms with Gasteiger partial charge in [0.1, 0.15) is 12.4 Å². The molecule has 0 bridgehead atoms. The van der Waals surface area contributed by atoms with Crippen LogP contribution in [-0.4, -0.2) is 4.98 Å². The summed E-state index contributed by atoms with van der Waals surface area (Å²) in [6, 6.07) is 10.1. The van der Waals surface area contributed by atoms with Crippen molar-refractivity contribution in [2.24, 2.45) is 0 Å². The lowest BCUT2D eigenvalue weighted by atomic mass is 10.1. The highest BCUT2D eigenvalue weighted by molar-refractivity contribution is 5.35. The minimum absolute atomic E-state index is 0.590. The summed E-state index contributed by atoms with van der Waals surface area (Å²) in [5, 5.41) is 0. The lowest BCUT2D eigenvalue weighted by molar-refractivity contribution is 0.304. The zero-order valence-corrected chi connectivity index (χ0v) is 9.60. The van der Waals surface area contributed by atoms with E-state index in [1.54, 1.807) is 12.4 Å². The van der Waals surface area contributed by atoms with E-state index in [4.69, 9.17) is 4.74 Å². The Kier molecular flexibility index (Phi) is 3.20. The van der Waals surface area contributed by atoms with Crippen LogP contribution >= 0.6 is 0 Å². The molecule has 0 radical (unpaired) electrons. The van der Waals surface area contributed by atoms with Gasteiger partial charge in [0.2, 0.25) is 0 Å². The van der Waals surface area contributed by atoms with Crippen molar-refractivity contribution in [1.29, 1.82) is 0 Å². The molecule has 0 aliphatic heterocycles. The van der Waals surface area contributed by atoms with Crippen LogP contribution in [0.25, 0.3) is 0 Å². The van der Waals surface area contributed by atoms with E-state index >= 15 is 0 Å². The van der Waals surface area contributed by atoms with E-state index in [-0.39, 0.29) is 0 Å². The molecule has 1 aromatic heterocycles. The zero-order valence-electron chi connectivity index (χ0n) is 9.60. The third kappa shape index (κ3) is 2.60. The highest BCUT2D eigenvalue weighted by Crippen LogP contribution is 2.19. The summed E-state index contributed by atoms with van der Waals surface area (Å²) in [6.45, 7) is 4.74. The van der Waals surface area contributed by atoms with E-state index in [1.807, 2.05) is 18.2 Å². The Balaban J connectivity index is 2.05. The fourth-order valence-electron chi connectivity index (χ4n) is 1.60. The summed E-state index contributed by atoms with van der Waals surface area (Å²) in [6.07, 6.45) is 3.56. The van der Waals surface area contributed by atoms with E-state index in [2.05, 4.69) is 31.0 Å². The molecule has 2 aromatic rings. The summed E-state index contributed by atoms with van der Waals surface area (Å²) in [4.78, 5) is 3.97. The molecule has 1 aromatic carbocycles. The molecular formula is C14H15NO. The zero-order chi connectivity index (χ0) is 11.4. The second kappa shape index (κ2) is 4.79. The molecule has 0 aliphatic rings. The van der Waals surface area contributed by atoms with Gasteiger partial charge >= 0.3 is 0 Å². The van der Waals surface area contributed by atoms with Crippen molar-refractivity contribution < 1.29 is 4.74 Å². The first-order valence-electron chi connectivity index (χ1n) is 5.34. The van der Waals surface area contributed by atoms with Crippen molar-refractivity contribution in [3.8, 4) is 5.75 Å². The highest BCUT2D eigenvalue weighted by Gasteiger charge is 1.99. The fourth-order valence-corrected chi connectivity index (χ4v) is 1.60. The number of aromatic nitrogens is 1. The molecule has 82 valence electrons. The van der Waals surface area contributed by atoms with E-state index < -0.39 is 0 Å². The topological polar surface area (TPSA) is 22.1 Å². The standard InChI is InChI=1S/C14H15NO/c1-11-3-4-14(12(2)9-11)16-10-13-5-7-15-8-6-13/h3-9H,10H2,1-2H3. The van der Waals surface area contributed by atoms with Crippen LogP contribution in [0.3, 0.4) is 0 Å². The SMILES string of the molecule is Cc1ccc(OCc2ccncc2)c(C)c1. The van der Waals surface area contributed by atoms with Crippen molar-refractivity contribution in [1.82, 2.24) is 4.98 Å². The molecule has 0 atom stereocenters. The number of ether oxygens (including phenoxy) is 1. The lowest BCUT2D eigenvalue weighted by Crippen LogP contribution is -1.97. The Morgan fingerprint density at radius 3 is 2.50 bits per heavy atom. The summed E-state index contributed by atoms with van der Waals surface area (Å²) >= 11 is 0. The van der Waals surface area contributed by atoms with E-state index in [0.29, 0.717) is 6.61 Å². The van der Waals surface area contributed by atoms with Crippen molar-refractivity contribution in [2.45, 2.75) is 20.5 Å². The van der Waals surface area contributed by atoms with Crippen LogP contribution < -0.4 is 4.74 Å². The maximum atomic E-state index is 5.75. The van der Waals surface area contributed by atoms with Crippen LogP contribution in [0.5, 0.6) is 5.75 Å². The first-order valence-corrected chi connectivity index (χ1v) is 5.34. The molecule has 0 amide bonds. The average molecular weight is 213 g/mol. The van der Waals surface area contributed by atoms with Gasteiger partial charge in [-0.25, -0.2) is 0 Å². The molecule has 0 saturated heterocycles. The van der Waals surface area contributed by atoms with Gasteiger partial charge in [-0.1, -0.05) is 17.7 Å². The average Bonchev–Trinajstić information content (AvgIpc) is 2.29. The van der Waals surface area contributed by atoms with Crippen LogP contribution in [-0.2, 0) is 6.61 Å². The second-order valence-electron chi connectivity index (χ2n) is 3.91. The second-order valence-corrected chi connectivity index (χ2v) is 3.91. The number of hydrogen-bond donors (Lipinski definition) is 0. The predicted octanol–water partition coefficient (Wildman–Crippen LogP) is 3.28. The van der Waals surface area contributed by atoms with Crippen LogP contribution in [0.1, 0.15) is 16.7 Å². The predicted molar refractivity (Wildman–Crippen MR) is 64.5 cm³/mol. The highest BCUT2D eigenvalue weighted by atomic mass is 16.5. The van der Waals surface area contributed by atoms with Gasteiger partial charge < -0.3 is 4.74 Å². The van der Waals surface area contributed by atoms with Crippen LogP contribution in [0.15, 0.2) is 42.7 Å². The van der Waals surface area contributed by atoms with Gasteiger partial charge in [0.05, 0.1) is 0 Å². The van der Waals surface area contributed by atoms with Gasteiger partial charge in [0, 0.05) is 12.4 Å². The molecule has 16 heavy (non-hydrogen) atoms. The Hall–Kier alpha value is -1.83. The summed E-state index contributed by atoms with van der Waals surface area (Å²) in [5.74, 6) is 0.947. The normalized spacial score (nSPS) is 10.1. The molecular weight excluding hydrogens is 198 g/mol. The van der Waals surface area contributed by atoms with Gasteiger partial charge in [-0.3, -0.25) is 4.98 Å². The number of hydrogen-bond acceptors (Lipinski definition) is 2. The maximum Gasteiger partial charge on any atom is 0.122 e. The van der Waals surface area contributed by atoms with Gasteiger partial charge in [0.15, 0.2) is 0 Å². The molecule has 0 fully saturated rings. The number of pyridine rings is 1. The van der Waals surface area contributed by atoms with Crippen LogP contribution in [0, 0.1) is 13.8 Å². The third-order valence-electron chi connectivity index (χ3n) is 2.47. The molecule has 0 N–H and O–H groups in total. The largest absolute Gasteiger partial charge is 0.489 e. The smallest absolute Gasteiger partial charge is 0.122 e. The quantitative estimate of drug-likeness (QED) is 0.780. The molecule has 0 unspecified atom stereocenters. The van der Waals surface area contributed by atoms with Crippen molar-refractivity contribution >= 4 is 0 Å². The molecule has 2 nitrogen and oxygen atoms in total. The molecule has 0 aliphatic carbocycles. The number of nitrogens with zero attached hydrogens (tertiary/aromatic N) is 1. The van der Waals surface area contributed by atoms with E-state index in [0.717, 1.165) is 11.3 Å². The fraction of sp³-hybridized carbons (Fsp3) is 0.214. The number of benzene rings is 1. The summed E-state index contributed by atoms with van der Waals surface area (Å²) in [7, 11) is 0. The molecule has 0 saturated carbocycles. The van der Waals surface area contributed by atoms with Gasteiger partial charge in [0.25, 0.3) is 0 Å². The van der Waals surface area contributed by atoms with Gasteiger partial charge in [-0.05, 0) is 43.2 Å². The molecule has 0 spiro atoms.